The third kappa shape index (κ3) is 3.75. The molecule has 3 N–H and O–H groups in total. The topological polar surface area (TPSA) is 89.3 Å². The molecule has 0 aromatic rings. The van der Waals surface area contributed by atoms with Crippen LogP contribution in [0.5, 0.6) is 0 Å². The monoisotopic (exact) mass is 250 g/mol. The summed E-state index contributed by atoms with van der Waals surface area (Å²) in [5.41, 5.74) is 5.50. The van der Waals surface area contributed by atoms with Crippen molar-refractivity contribution in [2.24, 2.45) is 5.73 Å². The van der Waals surface area contributed by atoms with Crippen LogP contribution in [0.15, 0.2) is 0 Å². The maximum Gasteiger partial charge on any atom is 0.241 e. The fourth-order valence-electron chi connectivity index (χ4n) is 1.12. The molecule has 0 bridgehead atoms. The van der Waals surface area contributed by atoms with Crippen LogP contribution in [0.4, 0.5) is 0 Å². The van der Waals surface area contributed by atoms with E-state index in [2.05, 4.69) is 5.32 Å². The lowest BCUT2D eigenvalue weighted by atomic mass is 10.1. The highest BCUT2D eigenvalue weighted by atomic mass is 32.2. The van der Waals surface area contributed by atoms with Crippen molar-refractivity contribution in [2.45, 2.75) is 44.4 Å². The fraction of sp³-hybridized carbons (Fsp3) is 0.900. The first kappa shape index (κ1) is 15.4. The number of nitrogens with two attached hydrogens (primary N) is 1. The highest BCUT2D eigenvalue weighted by molar-refractivity contribution is 7.92. The van der Waals surface area contributed by atoms with E-state index in [0.717, 1.165) is 19.1 Å². The van der Waals surface area contributed by atoms with Crippen LogP contribution in [-0.2, 0) is 14.6 Å². The number of carbonyl (C=O) groups is 1. The van der Waals surface area contributed by atoms with Crippen LogP contribution in [0.25, 0.3) is 0 Å². The van der Waals surface area contributed by atoms with E-state index in [1.54, 1.807) is 0 Å². The summed E-state index contributed by atoms with van der Waals surface area (Å²) in [5, 5.41) is 2.67. The lowest BCUT2D eigenvalue weighted by Crippen LogP contribution is -2.52. The van der Waals surface area contributed by atoms with Gasteiger partial charge in [0.25, 0.3) is 0 Å². The Labute approximate surface area is 97.7 Å². The smallest absolute Gasteiger partial charge is 0.241 e. The normalized spacial score (nSPS) is 14.6. The summed E-state index contributed by atoms with van der Waals surface area (Å²) in [6, 6.07) is -0.154. The molecule has 1 unspecified atom stereocenters. The van der Waals surface area contributed by atoms with Gasteiger partial charge in [-0.25, -0.2) is 8.42 Å². The predicted molar refractivity (Wildman–Crippen MR) is 64.8 cm³/mol. The van der Waals surface area contributed by atoms with Crippen molar-refractivity contribution in [3.05, 3.63) is 0 Å². The Morgan fingerprint density at radius 1 is 1.44 bits per heavy atom. The summed E-state index contributed by atoms with van der Waals surface area (Å²) < 4.78 is 21.5. The van der Waals surface area contributed by atoms with Crippen LogP contribution >= 0.6 is 0 Å². The molecule has 6 heteroatoms. The van der Waals surface area contributed by atoms with Gasteiger partial charge in [-0.15, -0.1) is 0 Å². The van der Waals surface area contributed by atoms with E-state index in [1.807, 2.05) is 6.92 Å². The molecule has 1 atom stereocenters. The van der Waals surface area contributed by atoms with Crippen molar-refractivity contribution in [3.8, 4) is 0 Å². The average Bonchev–Trinajstić information content (AvgIpc) is 2.15. The molecular weight excluding hydrogens is 228 g/mol. The number of sulfone groups is 1. The van der Waals surface area contributed by atoms with Crippen LogP contribution in [-0.4, -0.2) is 37.9 Å². The van der Waals surface area contributed by atoms with E-state index in [4.69, 9.17) is 5.73 Å². The number of hydrogen-bond acceptors (Lipinski definition) is 4. The number of amides is 1. The molecule has 0 heterocycles. The lowest BCUT2D eigenvalue weighted by molar-refractivity contribution is -0.123. The van der Waals surface area contributed by atoms with Crippen molar-refractivity contribution in [3.63, 3.8) is 0 Å². The third-order valence-corrected chi connectivity index (χ3v) is 4.77. The molecule has 5 nitrogen and oxygen atoms in total. The molecular formula is C10H22N2O3S. The van der Waals surface area contributed by atoms with E-state index in [-0.39, 0.29) is 6.04 Å². The zero-order valence-corrected chi connectivity index (χ0v) is 11.2. The fourth-order valence-corrected chi connectivity index (χ4v) is 1.52. The Balaban J connectivity index is 4.69. The second-order valence-electron chi connectivity index (χ2n) is 4.48. The maximum atomic E-state index is 11.8. The molecule has 1 amide bonds. The molecule has 0 radical (unpaired) electrons. The van der Waals surface area contributed by atoms with E-state index in [1.165, 1.54) is 13.8 Å². The standard InChI is InChI=1S/C10H22N2O3S/c1-5-6-8(7-11)12-9(13)10(2,3)16(4,14)15/h8H,5-7,11H2,1-4H3,(H,12,13). The Kier molecular flexibility index (Phi) is 5.41. The van der Waals surface area contributed by atoms with Gasteiger partial charge >= 0.3 is 0 Å². The van der Waals surface area contributed by atoms with Crippen LogP contribution in [0.1, 0.15) is 33.6 Å². The summed E-state index contributed by atoms with van der Waals surface area (Å²) in [6.45, 7) is 5.10. The molecule has 0 aliphatic heterocycles. The molecule has 0 spiro atoms. The van der Waals surface area contributed by atoms with Crippen LogP contribution in [0, 0.1) is 0 Å². The van der Waals surface area contributed by atoms with Crippen LogP contribution < -0.4 is 11.1 Å². The summed E-state index contributed by atoms with van der Waals surface area (Å²) in [4.78, 5) is 11.8. The molecule has 0 aromatic carbocycles. The summed E-state index contributed by atoms with van der Waals surface area (Å²) >= 11 is 0. The average molecular weight is 250 g/mol. The van der Waals surface area contributed by atoms with E-state index < -0.39 is 20.5 Å². The summed E-state index contributed by atoms with van der Waals surface area (Å²) in [6.07, 6.45) is 2.70. The lowest BCUT2D eigenvalue weighted by Gasteiger charge is -2.25. The predicted octanol–water partition coefficient (Wildman–Crippen LogP) is 0.0532. The minimum absolute atomic E-state index is 0.154. The largest absolute Gasteiger partial charge is 0.351 e. The molecule has 0 saturated carbocycles. The molecule has 0 aliphatic rings. The third-order valence-electron chi connectivity index (χ3n) is 2.73. The zero-order chi connectivity index (χ0) is 13.0. The van der Waals surface area contributed by atoms with Gasteiger partial charge in [-0.1, -0.05) is 13.3 Å². The van der Waals surface area contributed by atoms with Gasteiger partial charge in [0.1, 0.15) is 4.75 Å². The first-order chi connectivity index (χ1) is 7.16. The number of rotatable bonds is 6. The number of carbonyl (C=O) groups excluding carboxylic acids is 1. The first-order valence-corrected chi connectivity index (χ1v) is 7.26. The van der Waals surface area contributed by atoms with Crippen molar-refractivity contribution < 1.29 is 13.2 Å². The Morgan fingerprint density at radius 3 is 2.25 bits per heavy atom. The minimum atomic E-state index is -3.42. The van der Waals surface area contributed by atoms with Gasteiger partial charge in [0, 0.05) is 18.8 Å². The van der Waals surface area contributed by atoms with Gasteiger partial charge in [-0.05, 0) is 20.3 Å². The molecule has 0 aromatic heterocycles. The van der Waals surface area contributed by atoms with Gasteiger partial charge in [0.15, 0.2) is 9.84 Å². The highest BCUT2D eigenvalue weighted by Crippen LogP contribution is 2.15. The molecule has 96 valence electrons. The Bertz CT molecular complexity index is 336. The van der Waals surface area contributed by atoms with E-state index in [9.17, 15) is 13.2 Å². The SMILES string of the molecule is CCCC(CN)NC(=O)C(C)(C)S(C)(=O)=O. The van der Waals surface area contributed by atoms with Crippen molar-refractivity contribution >= 4 is 15.7 Å². The second kappa shape index (κ2) is 5.63. The van der Waals surface area contributed by atoms with Gasteiger partial charge in [0.2, 0.25) is 5.91 Å². The van der Waals surface area contributed by atoms with Gasteiger partial charge in [-0.2, -0.15) is 0 Å². The maximum absolute atomic E-state index is 11.8. The first-order valence-electron chi connectivity index (χ1n) is 5.37. The van der Waals surface area contributed by atoms with Crippen molar-refractivity contribution in [1.82, 2.24) is 5.32 Å². The molecule has 0 rings (SSSR count). The quantitative estimate of drug-likeness (QED) is 0.697. The van der Waals surface area contributed by atoms with Crippen molar-refractivity contribution in [2.75, 3.05) is 12.8 Å². The van der Waals surface area contributed by atoms with Gasteiger partial charge in [0.05, 0.1) is 0 Å². The Morgan fingerprint density at radius 2 is 1.94 bits per heavy atom. The second-order valence-corrected chi connectivity index (χ2v) is 7.04. The van der Waals surface area contributed by atoms with E-state index in [0.29, 0.717) is 6.54 Å². The van der Waals surface area contributed by atoms with Crippen molar-refractivity contribution in [1.29, 1.82) is 0 Å². The molecule has 0 fully saturated rings. The van der Waals surface area contributed by atoms with Crippen LogP contribution in [0.2, 0.25) is 0 Å². The number of hydrogen-bond donors (Lipinski definition) is 2. The zero-order valence-electron chi connectivity index (χ0n) is 10.4. The van der Waals surface area contributed by atoms with Gasteiger partial charge in [-0.3, -0.25) is 4.79 Å². The summed E-state index contributed by atoms with van der Waals surface area (Å²) in [7, 11) is -3.42. The molecule has 0 saturated heterocycles. The highest BCUT2D eigenvalue weighted by Gasteiger charge is 2.38. The van der Waals surface area contributed by atoms with Crippen LogP contribution in [0.3, 0.4) is 0 Å². The molecule has 0 aliphatic carbocycles. The molecule has 16 heavy (non-hydrogen) atoms. The summed E-state index contributed by atoms with van der Waals surface area (Å²) in [5.74, 6) is -0.487. The number of nitrogens with one attached hydrogen (secondary N) is 1. The minimum Gasteiger partial charge on any atom is -0.351 e. The van der Waals surface area contributed by atoms with E-state index >= 15 is 0 Å². The Hall–Kier alpha value is -0.620. The van der Waals surface area contributed by atoms with Gasteiger partial charge < -0.3 is 11.1 Å².